The Morgan fingerprint density at radius 1 is 1.35 bits per heavy atom. The third kappa shape index (κ3) is 2.87. The lowest BCUT2D eigenvalue weighted by Crippen LogP contribution is -2.20. The monoisotopic (exact) mass is 334 g/mol. The van der Waals surface area contributed by atoms with E-state index >= 15 is 0 Å². The Bertz CT molecular complexity index is 602. The average Bonchev–Trinajstić information content (AvgIpc) is 2.90. The second-order valence-corrected chi connectivity index (χ2v) is 6.36. The molecule has 20 heavy (non-hydrogen) atoms. The Kier molecular flexibility index (Phi) is 4.34. The Balaban J connectivity index is 1.80. The number of aliphatic hydroxyl groups excluding tert-OH is 1. The molecule has 2 aromatic rings. The summed E-state index contributed by atoms with van der Waals surface area (Å²) in [6.07, 6.45) is 3.98. The maximum absolute atomic E-state index is 9.04. The summed E-state index contributed by atoms with van der Waals surface area (Å²) in [7, 11) is 0. The molecular weight excluding hydrogens is 316 g/mol. The summed E-state index contributed by atoms with van der Waals surface area (Å²) in [5.41, 5.74) is 2.38. The third-order valence-electron chi connectivity index (χ3n) is 4.10. The summed E-state index contributed by atoms with van der Waals surface area (Å²) in [6, 6.07) is 8.36. The van der Waals surface area contributed by atoms with Crippen LogP contribution in [-0.4, -0.2) is 34.7 Å². The van der Waals surface area contributed by atoms with E-state index in [1.54, 1.807) is 0 Å². The maximum atomic E-state index is 9.04. The number of hydrogen-bond donors (Lipinski definition) is 1. The molecule has 0 spiro atoms. The van der Waals surface area contributed by atoms with Crippen molar-refractivity contribution in [2.75, 3.05) is 19.7 Å². The Hall–Kier alpha value is -0.970. The SMILES string of the molecule is OCC[C@@H]1CCN(Cc2ccc(Br)c3cccnc23)C1. The zero-order valence-corrected chi connectivity index (χ0v) is 13.0. The second kappa shape index (κ2) is 6.20. The van der Waals surface area contributed by atoms with Crippen LogP contribution in [0.5, 0.6) is 0 Å². The van der Waals surface area contributed by atoms with E-state index in [1.165, 1.54) is 17.4 Å². The van der Waals surface area contributed by atoms with Crippen molar-refractivity contribution in [2.24, 2.45) is 5.92 Å². The van der Waals surface area contributed by atoms with Gasteiger partial charge >= 0.3 is 0 Å². The highest BCUT2D eigenvalue weighted by Crippen LogP contribution is 2.28. The summed E-state index contributed by atoms with van der Waals surface area (Å²) in [6.45, 7) is 3.46. The molecule has 1 aliphatic rings. The molecule has 0 saturated carbocycles. The van der Waals surface area contributed by atoms with E-state index in [1.807, 2.05) is 12.3 Å². The quantitative estimate of drug-likeness (QED) is 0.932. The number of aliphatic hydroxyl groups is 1. The molecule has 106 valence electrons. The lowest BCUT2D eigenvalue weighted by atomic mass is 10.1. The molecule has 2 heterocycles. The highest BCUT2D eigenvalue weighted by atomic mass is 79.9. The minimum absolute atomic E-state index is 0.307. The van der Waals surface area contributed by atoms with Crippen LogP contribution in [0.3, 0.4) is 0 Å². The third-order valence-corrected chi connectivity index (χ3v) is 4.79. The van der Waals surface area contributed by atoms with Crippen molar-refractivity contribution in [2.45, 2.75) is 19.4 Å². The highest BCUT2D eigenvalue weighted by molar-refractivity contribution is 9.10. The molecule has 1 aliphatic heterocycles. The van der Waals surface area contributed by atoms with E-state index in [0.717, 1.165) is 36.0 Å². The van der Waals surface area contributed by atoms with Crippen LogP contribution in [-0.2, 0) is 6.54 Å². The van der Waals surface area contributed by atoms with Gasteiger partial charge in [-0.15, -0.1) is 0 Å². The van der Waals surface area contributed by atoms with E-state index in [-0.39, 0.29) is 0 Å². The van der Waals surface area contributed by atoms with Crippen molar-refractivity contribution in [3.8, 4) is 0 Å². The summed E-state index contributed by atoms with van der Waals surface area (Å²) in [4.78, 5) is 7.01. The predicted octanol–water partition coefficient (Wildman–Crippen LogP) is 3.20. The largest absolute Gasteiger partial charge is 0.396 e. The molecule has 1 aromatic heterocycles. The molecule has 1 fully saturated rings. The zero-order chi connectivity index (χ0) is 13.9. The van der Waals surface area contributed by atoms with Gasteiger partial charge in [0, 0.05) is 35.8 Å². The minimum Gasteiger partial charge on any atom is -0.396 e. The van der Waals surface area contributed by atoms with Crippen molar-refractivity contribution < 1.29 is 5.11 Å². The molecule has 3 rings (SSSR count). The first-order valence-corrected chi connectivity index (χ1v) is 7.92. The molecule has 0 unspecified atom stereocenters. The van der Waals surface area contributed by atoms with Crippen molar-refractivity contribution >= 4 is 26.8 Å². The number of rotatable bonds is 4. The summed E-state index contributed by atoms with van der Waals surface area (Å²) in [5.74, 6) is 0.648. The van der Waals surface area contributed by atoms with Gasteiger partial charge in [0.2, 0.25) is 0 Å². The molecule has 1 saturated heterocycles. The van der Waals surface area contributed by atoms with E-state index in [2.05, 4.69) is 44.0 Å². The van der Waals surface area contributed by atoms with Gasteiger partial charge in [-0.1, -0.05) is 28.1 Å². The zero-order valence-electron chi connectivity index (χ0n) is 11.4. The van der Waals surface area contributed by atoms with Gasteiger partial charge in [0.25, 0.3) is 0 Å². The number of hydrogen-bond acceptors (Lipinski definition) is 3. The van der Waals surface area contributed by atoms with Gasteiger partial charge in [0.15, 0.2) is 0 Å². The first kappa shape index (κ1) is 14.0. The van der Waals surface area contributed by atoms with Gasteiger partial charge in [-0.25, -0.2) is 0 Å². The number of likely N-dealkylation sites (tertiary alicyclic amines) is 1. The molecule has 0 bridgehead atoms. The standard InChI is InChI=1S/C16H19BrN2O/c17-15-4-3-13(16-14(15)2-1-7-18-16)11-19-8-5-12(10-19)6-9-20/h1-4,7,12,20H,5-6,8-11H2/t12-/m0/s1. The van der Waals surface area contributed by atoms with Crippen LogP contribution < -0.4 is 0 Å². The minimum atomic E-state index is 0.307. The fourth-order valence-electron chi connectivity index (χ4n) is 3.04. The van der Waals surface area contributed by atoms with Gasteiger partial charge < -0.3 is 5.11 Å². The van der Waals surface area contributed by atoms with Crippen LogP contribution in [0.25, 0.3) is 10.9 Å². The molecule has 0 amide bonds. The number of nitrogens with zero attached hydrogens (tertiary/aromatic N) is 2. The maximum Gasteiger partial charge on any atom is 0.0758 e. The smallest absolute Gasteiger partial charge is 0.0758 e. The van der Waals surface area contributed by atoms with Crippen molar-refractivity contribution in [3.05, 3.63) is 40.5 Å². The fourth-order valence-corrected chi connectivity index (χ4v) is 3.49. The number of fused-ring (bicyclic) bond motifs is 1. The van der Waals surface area contributed by atoms with Crippen molar-refractivity contribution in [3.63, 3.8) is 0 Å². The van der Waals surface area contributed by atoms with Crippen LogP contribution in [0.1, 0.15) is 18.4 Å². The second-order valence-electron chi connectivity index (χ2n) is 5.51. The summed E-state index contributed by atoms with van der Waals surface area (Å²) >= 11 is 3.59. The van der Waals surface area contributed by atoms with E-state index < -0.39 is 0 Å². The average molecular weight is 335 g/mol. The first-order valence-electron chi connectivity index (χ1n) is 7.13. The molecule has 3 nitrogen and oxygen atoms in total. The number of pyridine rings is 1. The Morgan fingerprint density at radius 2 is 2.25 bits per heavy atom. The topological polar surface area (TPSA) is 36.4 Å². The van der Waals surface area contributed by atoms with E-state index in [0.29, 0.717) is 12.5 Å². The van der Waals surface area contributed by atoms with Gasteiger partial charge in [-0.3, -0.25) is 9.88 Å². The molecule has 1 atom stereocenters. The first-order chi connectivity index (χ1) is 9.78. The molecular formula is C16H19BrN2O. The summed E-state index contributed by atoms with van der Waals surface area (Å²) in [5, 5.41) is 10.2. The van der Waals surface area contributed by atoms with Crippen LogP contribution >= 0.6 is 15.9 Å². The lowest BCUT2D eigenvalue weighted by molar-refractivity contribution is 0.249. The van der Waals surface area contributed by atoms with Crippen molar-refractivity contribution in [1.29, 1.82) is 0 Å². The highest BCUT2D eigenvalue weighted by Gasteiger charge is 2.22. The Labute approximate surface area is 127 Å². The lowest BCUT2D eigenvalue weighted by Gasteiger charge is -2.17. The van der Waals surface area contributed by atoms with Crippen LogP contribution in [0.15, 0.2) is 34.9 Å². The molecule has 1 aromatic carbocycles. The van der Waals surface area contributed by atoms with Gasteiger partial charge in [0.1, 0.15) is 0 Å². The number of halogens is 1. The Morgan fingerprint density at radius 3 is 3.10 bits per heavy atom. The number of benzene rings is 1. The van der Waals surface area contributed by atoms with E-state index in [4.69, 9.17) is 5.11 Å². The fraction of sp³-hybridized carbons (Fsp3) is 0.438. The summed E-state index contributed by atoms with van der Waals surface area (Å²) < 4.78 is 1.10. The molecule has 4 heteroatoms. The normalized spacial score (nSPS) is 19.8. The van der Waals surface area contributed by atoms with Crippen LogP contribution in [0.2, 0.25) is 0 Å². The van der Waals surface area contributed by atoms with E-state index in [9.17, 15) is 0 Å². The van der Waals surface area contributed by atoms with Gasteiger partial charge in [-0.05, 0) is 43.0 Å². The van der Waals surface area contributed by atoms with Crippen LogP contribution in [0, 0.1) is 5.92 Å². The molecule has 1 N–H and O–H groups in total. The van der Waals surface area contributed by atoms with Gasteiger partial charge in [-0.2, -0.15) is 0 Å². The molecule has 0 radical (unpaired) electrons. The number of aromatic nitrogens is 1. The van der Waals surface area contributed by atoms with Gasteiger partial charge in [0.05, 0.1) is 5.52 Å². The van der Waals surface area contributed by atoms with Crippen LogP contribution in [0.4, 0.5) is 0 Å². The van der Waals surface area contributed by atoms with Crippen molar-refractivity contribution in [1.82, 2.24) is 9.88 Å². The predicted molar refractivity (Wildman–Crippen MR) is 84.5 cm³/mol. The molecule has 0 aliphatic carbocycles.